The third-order valence-electron chi connectivity index (χ3n) is 26.9. The van der Waals surface area contributed by atoms with E-state index in [0.717, 1.165) is 118 Å². The van der Waals surface area contributed by atoms with E-state index >= 15 is 0 Å². The van der Waals surface area contributed by atoms with E-state index in [0.29, 0.717) is 78.9 Å². The quantitative estimate of drug-likeness (QED) is 0.203. The van der Waals surface area contributed by atoms with Gasteiger partial charge in [0.1, 0.15) is 0 Å². The Hall–Kier alpha value is 1.29. The summed E-state index contributed by atoms with van der Waals surface area (Å²) < 4.78 is 5.39. The number of carbonyl (C=O) groups is 1. The van der Waals surface area contributed by atoms with Crippen LogP contribution < -0.4 is 0 Å². The van der Waals surface area contributed by atoms with Crippen LogP contribution in [0.3, 0.4) is 0 Å². The molecule has 784 valence electrons. The fourth-order valence-electron chi connectivity index (χ4n) is 19.8. The molecule has 9 heterocycles. The SMILES string of the molecule is C1=CC2CC1C[N-]2.CC(C)(C)C.CC(C)(C)C.CC(C)(C)C12C[N-]CC1C2.CC(C)(C)CC1CC2C[CH-]CC(C2)C1.CC(C)(C)COC(=O)N1CCCN(C(C)(C)C)CC1.CC(C)(C)N1CC2C=CC1C2.CC(C)(C)N1CC2C=CC1C2.CC(C)(C)N1CCCN(C(C)(C)C)CC1.CC(C)N1CC2CCCC1CN2C(C)(C)C.CCC(C)(C)C.C[C-](C)C.C[C-](C)C.C[C-](C)C.[U+2].[U+2].[U+2]. The molecule has 3 saturated carbocycles. The van der Waals surface area contributed by atoms with E-state index in [4.69, 9.17) is 4.74 Å². The molecular formula is C119H234N10O2U3. The molecule has 9 saturated heterocycles. The number of fused-ring (bicyclic) bond motifs is 13. The summed E-state index contributed by atoms with van der Waals surface area (Å²) in [4.78, 5) is 32.2. The van der Waals surface area contributed by atoms with Crippen molar-refractivity contribution in [2.24, 2.45) is 79.3 Å². The predicted molar refractivity (Wildman–Crippen MR) is 585 cm³/mol. The fraction of sp³-hybridized carbons (Fsp3) is 0.908. The topological polar surface area (TPSA) is 80.4 Å². The van der Waals surface area contributed by atoms with Gasteiger partial charge in [-0.1, -0.05) is 219 Å². The summed E-state index contributed by atoms with van der Waals surface area (Å²) in [6, 6.07) is 4.43. The number of piperidine rings is 1. The van der Waals surface area contributed by atoms with Crippen LogP contribution in [0.15, 0.2) is 36.5 Å². The van der Waals surface area contributed by atoms with Crippen molar-refractivity contribution in [3.63, 3.8) is 0 Å². The van der Waals surface area contributed by atoms with Crippen molar-refractivity contribution in [1.29, 1.82) is 0 Å². The smallest absolute Gasteiger partial charge is 0.662 e. The van der Waals surface area contributed by atoms with Gasteiger partial charge in [-0.05, 0) is 277 Å². The molecule has 0 radical (unpaired) electrons. The van der Waals surface area contributed by atoms with Crippen LogP contribution in [0.2, 0.25) is 0 Å². The second-order valence-electron chi connectivity index (χ2n) is 58.1. The molecule has 0 aromatic carbocycles. The number of rotatable bonds is 3. The molecule has 0 aromatic rings. The normalized spacial score (nSPS) is 27.3. The first-order chi connectivity index (χ1) is 59.1. The summed E-state index contributed by atoms with van der Waals surface area (Å²) in [5.41, 5.74) is 5.14. The minimum Gasteiger partial charge on any atom is -0.662 e. The number of piperazine rings is 1. The van der Waals surface area contributed by atoms with E-state index in [9.17, 15) is 4.79 Å². The summed E-state index contributed by atoms with van der Waals surface area (Å²) in [5.74, 6) is 10.9. The van der Waals surface area contributed by atoms with Gasteiger partial charge in [0.05, 0.1) is 6.61 Å². The maximum atomic E-state index is 12.0. The summed E-state index contributed by atoms with van der Waals surface area (Å²) in [6.07, 6.45) is 38.6. The van der Waals surface area contributed by atoms with E-state index in [-0.39, 0.29) is 110 Å². The molecule has 134 heavy (non-hydrogen) atoms. The molecule has 15 aliphatic rings. The maximum absolute atomic E-state index is 12.0. The van der Waals surface area contributed by atoms with Crippen LogP contribution in [0.5, 0.6) is 0 Å². The molecule has 0 N–H and O–H groups in total. The Bertz CT molecular complexity index is 3000. The zero-order valence-corrected chi connectivity index (χ0v) is 112. The first kappa shape index (κ1) is 139. The molecule has 12 unspecified atom stereocenters. The van der Waals surface area contributed by atoms with Gasteiger partial charge in [-0.25, -0.2) is 4.79 Å². The monoisotopic (exact) mass is 2550 g/mol. The zero-order chi connectivity index (χ0) is 102. The third kappa shape index (κ3) is 61.8. The Morgan fingerprint density at radius 3 is 1.06 bits per heavy atom. The van der Waals surface area contributed by atoms with Gasteiger partial charge in [0.25, 0.3) is 0 Å². The summed E-state index contributed by atoms with van der Waals surface area (Å²) in [6.45, 7) is 129. The van der Waals surface area contributed by atoms with Gasteiger partial charge in [0.2, 0.25) is 0 Å². The molecule has 9 aliphatic heterocycles. The van der Waals surface area contributed by atoms with Gasteiger partial charge >= 0.3 is 99.4 Å². The van der Waals surface area contributed by atoms with Gasteiger partial charge in [0, 0.05) is 129 Å². The van der Waals surface area contributed by atoms with E-state index in [2.05, 4.69) is 434 Å². The standard InChI is InChI=1S/C15H30N2O2.C14H28N2.C14H25.C13H28N2.2C10H17N.C9H16N.C6H8N.C6H14.2C5H12.3C4H9.3U/c1-14(2,3)12-19-13(18)16-8-7-9-17(11-10-16)15(4,5)6;1-11(2)15-9-13-8-6-7-12(15)10-16(13)14(3,4)5;1-14(2,3)10-13-8-11-5-4-6-12(7-11)9-13;1-12(2,3)14-8-7-9-15(11-10-14)13(4,5)6;2*1-10(2,3)11-7-8-4-5-9(11)6-8;1-8(2,3)9-4-7(9)5-10-6-9;1-2-6-3-5(1)4-7-6;1-5-6(2,3)4;2*1-5(2,3)4;3*1-4(2)3;;;/h7-12H2,1-6H3;11-13H,6-10H2,1-5H3;4,11-13H,5-10H2,1-3H3;7-11H2,1-6H3;2*4-5,8-9H,6-7H2,1-3H3;7H,4-6H2,1-3H3;1-2,5-6H,3-4H2;5H2,1-4H3;2*1-4H3;3*1-3H3;;;/q;;-1;;;;2*-1;;;;3*-1;3*+2. The van der Waals surface area contributed by atoms with Crippen molar-refractivity contribution in [2.75, 3.05) is 105 Å². The van der Waals surface area contributed by atoms with Crippen molar-refractivity contribution >= 4 is 6.09 Å². The van der Waals surface area contributed by atoms with Crippen LogP contribution in [0.4, 0.5) is 4.79 Å². The van der Waals surface area contributed by atoms with Crippen molar-refractivity contribution in [3.05, 3.63) is 71.3 Å². The van der Waals surface area contributed by atoms with Gasteiger partial charge in [-0.2, -0.15) is 75.2 Å². The first-order valence-electron chi connectivity index (χ1n) is 53.8. The number of likely N-dealkylation sites (tertiary alicyclic amines) is 2. The summed E-state index contributed by atoms with van der Waals surface area (Å²) in [5, 5.41) is 8.77. The molecular weight excluding hydrogens is 2320 g/mol. The van der Waals surface area contributed by atoms with Crippen molar-refractivity contribution in [1.82, 2.24) is 39.2 Å². The average molecular weight is 2550 g/mol. The average Bonchev–Trinajstić information content (AvgIpc) is 1.55. The van der Waals surface area contributed by atoms with Gasteiger partial charge < -0.3 is 44.4 Å². The van der Waals surface area contributed by atoms with Crippen LogP contribution in [0.25, 0.3) is 10.6 Å². The van der Waals surface area contributed by atoms with E-state index in [1.54, 1.807) is 0 Å². The fourth-order valence-corrected chi connectivity index (χ4v) is 19.8. The van der Waals surface area contributed by atoms with Crippen molar-refractivity contribution in [3.8, 4) is 0 Å². The summed E-state index contributed by atoms with van der Waals surface area (Å²) >= 11 is 0. The molecule has 12 nitrogen and oxygen atoms in total. The second-order valence-corrected chi connectivity index (χ2v) is 58.1. The number of hydrogen-bond acceptors (Lipinski definition) is 9. The minimum absolute atomic E-state index is 0. The van der Waals surface area contributed by atoms with Crippen LogP contribution in [0.1, 0.15) is 449 Å². The zero-order valence-electron chi connectivity index (χ0n) is 99.5. The van der Waals surface area contributed by atoms with Gasteiger partial charge in [0.15, 0.2) is 0 Å². The Labute approximate surface area is 913 Å². The molecule has 1 amide bonds. The summed E-state index contributed by atoms with van der Waals surface area (Å²) in [7, 11) is 0. The first-order valence-corrected chi connectivity index (χ1v) is 53.8. The number of nitrogens with zero attached hydrogens (tertiary/aromatic N) is 10. The molecule has 15 rings (SSSR count). The van der Waals surface area contributed by atoms with E-state index < -0.39 is 0 Å². The Kier molecular flexibility index (Phi) is 64.4. The van der Waals surface area contributed by atoms with Crippen molar-refractivity contribution in [2.45, 2.75) is 518 Å². The van der Waals surface area contributed by atoms with Crippen LogP contribution in [-0.2, 0) is 4.74 Å². The molecule has 12 fully saturated rings. The number of amides is 1. The Morgan fingerprint density at radius 1 is 0.425 bits per heavy atom. The number of hydrogen-bond donors (Lipinski definition) is 0. The number of ether oxygens (including phenoxy) is 1. The maximum Gasteiger partial charge on any atom is 2.00 e. The molecule has 0 spiro atoms. The van der Waals surface area contributed by atoms with E-state index in [1.165, 1.54) is 166 Å². The Balaban J connectivity index is -0.00000141. The third-order valence-corrected chi connectivity index (χ3v) is 26.9. The predicted octanol–water partition coefficient (Wildman–Crippen LogP) is 32.0. The molecule has 15 heteroatoms. The molecule has 10 bridgehead atoms. The minimum atomic E-state index is -0.161. The van der Waals surface area contributed by atoms with Gasteiger partial charge in [-0.3, -0.25) is 34.3 Å². The molecule has 0 aromatic heterocycles. The van der Waals surface area contributed by atoms with Crippen LogP contribution in [-0.4, -0.2) is 220 Å². The molecule has 6 aliphatic carbocycles. The van der Waals surface area contributed by atoms with Gasteiger partial charge in [-0.15, -0.1) is 31.8 Å². The molecule has 12 atom stereocenters. The van der Waals surface area contributed by atoms with E-state index in [1.807, 2.05) is 4.90 Å². The van der Waals surface area contributed by atoms with Crippen LogP contribution >= 0.6 is 0 Å². The Morgan fingerprint density at radius 2 is 0.806 bits per heavy atom. The van der Waals surface area contributed by atoms with Crippen LogP contribution in [0, 0.1) is 197 Å². The largest absolute Gasteiger partial charge is 2.00 e. The number of carbonyl (C=O) groups excluding carboxylic acids is 1. The second kappa shape index (κ2) is 61.9. The van der Waals surface area contributed by atoms with Crippen molar-refractivity contribution < 1.29 is 103 Å².